The second-order valence-corrected chi connectivity index (χ2v) is 6.97. The summed E-state index contributed by atoms with van der Waals surface area (Å²) in [5, 5.41) is 6.74. The molecule has 11 heteroatoms. The Kier molecular flexibility index (Phi) is 5.86. The van der Waals surface area contributed by atoms with Gasteiger partial charge in [0.1, 0.15) is 6.54 Å². The first-order valence-corrected chi connectivity index (χ1v) is 9.92. The molecule has 0 unspecified atom stereocenters. The highest BCUT2D eigenvalue weighted by Gasteiger charge is 2.38. The molecule has 170 valence electrons. The molecule has 0 aliphatic rings. The van der Waals surface area contributed by atoms with Gasteiger partial charge in [0, 0.05) is 11.9 Å². The van der Waals surface area contributed by atoms with Crippen molar-refractivity contribution in [3.8, 4) is 5.69 Å². The van der Waals surface area contributed by atoms with Crippen molar-refractivity contribution in [3.05, 3.63) is 72.3 Å². The fourth-order valence-electron chi connectivity index (χ4n) is 3.30. The number of rotatable bonds is 6. The highest BCUT2D eigenvalue weighted by molar-refractivity contribution is 5.92. The quantitative estimate of drug-likeness (QED) is 0.441. The van der Waals surface area contributed by atoms with E-state index in [1.165, 1.54) is 22.9 Å². The third-order valence-electron chi connectivity index (χ3n) is 4.68. The number of alkyl halides is 3. The topological polar surface area (TPSA) is 91.0 Å². The number of esters is 1. The number of carbonyl (C=O) groups excluding carboxylic acids is 2. The number of carbonyl (C=O) groups is 2. The van der Waals surface area contributed by atoms with Crippen LogP contribution in [-0.2, 0) is 22.3 Å². The van der Waals surface area contributed by atoms with Crippen LogP contribution in [0.2, 0.25) is 0 Å². The van der Waals surface area contributed by atoms with Gasteiger partial charge >= 0.3 is 12.1 Å². The number of nitrogens with zero attached hydrogens (tertiary/aromatic N) is 4. The summed E-state index contributed by atoms with van der Waals surface area (Å²) >= 11 is 0. The van der Waals surface area contributed by atoms with Crippen LogP contribution in [0.5, 0.6) is 0 Å². The van der Waals surface area contributed by atoms with Gasteiger partial charge in [0.15, 0.2) is 5.69 Å². The van der Waals surface area contributed by atoms with E-state index in [-0.39, 0.29) is 23.3 Å². The highest BCUT2D eigenvalue weighted by atomic mass is 19.4. The van der Waals surface area contributed by atoms with E-state index in [9.17, 15) is 22.8 Å². The minimum atomic E-state index is -4.71. The van der Waals surface area contributed by atoms with E-state index in [1.54, 1.807) is 49.5 Å². The zero-order chi connectivity index (χ0) is 23.6. The van der Waals surface area contributed by atoms with Crippen LogP contribution in [0.3, 0.4) is 0 Å². The predicted octanol–water partition coefficient (Wildman–Crippen LogP) is 4.06. The smallest absolute Gasteiger partial charge is 0.449 e. The molecule has 2 heterocycles. The normalized spacial score (nSPS) is 11.5. The number of imidazole rings is 1. The van der Waals surface area contributed by atoms with Crippen LogP contribution in [0.1, 0.15) is 23.2 Å². The average molecular weight is 457 g/mol. The highest BCUT2D eigenvalue weighted by Crippen LogP contribution is 2.31. The molecule has 0 aliphatic carbocycles. The zero-order valence-corrected chi connectivity index (χ0v) is 17.3. The van der Waals surface area contributed by atoms with Crippen LogP contribution in [-0.4, -0.2) is 37.8 Å². The second-order valence-electron chi connectivity index (χ2n) is 6.97. The lowest BCUT2D eigenvalue weighted by atomic mass is 10.2. The molecule has 0 fully saturated rings. The molecule has 4 rings (SSSR count). The molecule has 4 aromatic rings. The van der Waals surface area contributed by atoms with Gasteiger partial charge in [0.05, 0.1) is 23.3 Å². The Morgan fingerprint density at radius 3 is 2.64 bits per heavy atom. The van der Waals surface area contributed by atoms with Crippen LogP contribution in [0.15, 0.2) is 60.8 Å². The average Bonchev–Trinajstić information content (AvgIpc) is 3.40. The SMILES string of the molecule is CCOC(=O)c1ccn(-c2cccc(NC(=O)Cn3c(C(F)(F)F)nc4ccccc43)c2)n1. The maximum Gasteiger partial charge on any atom is 0.449 e. The minimum absolute atomic E-state index is 0.123. The maximum atomic E-state index is 13.5. The molecule has 2 aromatic heterocycles. The van der Waals surface area contributed by atoms with E-state index in [0.29, 0.717) is 11.4 Å². The zero-order valence-electron chi connectivity index (χ0n) is 17.3. The molecule has 0 saturated carbocycles. The van der Waals surface area contributed by atoms with Crippen molar-refractivity contribution >= 4 is 28.6 Å². The van der Waals surface area contributed by atoms with E-state index in [0.717, 1.165) is 4.57 Å². The summed E-state index contributed by atoms with van der Waals surface area (Å²) in [6.07, 6.45) is -3.16. The van der Waals surface area contributed by atoms with E-state index in [4.69, 9.17) is 4.74 Å². The number of amides is 1. The fraction of sp³-hybridized carbons (Fsp3) is 0.182. The number of nitrogens with one attached hydrogen (secondary N) is 1. The van der Waals surface area contributed by atoms with Gasteiger partial charge in [-0.2, -0.15) is 18.3 Å². The number of para-hydroxylation sites is 2. The van der Waals surface area contributed by atoms with Crippen LogP contribution >= 0.6 is 0 Å². The standard InChI is InChI=1S/C22H18F3N5O3/c1-2-33-20(32)17-10-11-30(28-17)15-7-5-6-14(12-15)26-19(31)13-29-18-9-4-3-8-16(18)27-21(29)22(23,24)25/h3-12H,2,13H2,1H3,(H,26,31). The molecule has 0 radical (unpaired) electrons. The lowest BCUT2D eigenvalue weighted by Gasteiger charge is -2.12. The van der Waals surface area contributed by atoms with Gasteiger partial charge in [-0.1, -0.05) is 18.2 Å². The first kappa shape index (κ1) is 22.1. The molecule has 33 heavy (non-hydrogen) atoms. The largest absolute Gasteiger partial charge is 0.461 e. The molecule has 8 nitrogen and oxygen atoms in total. The van der Waals surface area contributed by atoms with Crippen molar-refractivity contribution in [1.29, 1.82) is 0 Å². The number of halogens is 3. The maximum absolute atomic E-state index is 13.5. The third kappa shape index (κ3) is 4.71. The van der Waals surface area contributed by atoms with Crippen molar-refractivity contribution in [2.24, 2.45) is 0 Å². The van der Waals surface area contributed by atoms with E-state index in [1.807, 2.05) is 0 Å². The number of hydrogen-bond acceptors (Lipinski definition) is 5. The summed E-state index contributed by atoms with van der Waals surface area (Å²) in [5.41, 5.74) is 1.36. The predicted molar refractivity (Wildman–Crippen MR) is 113 cm³/mol. The molecule has 1 amide bonds. The van der Waals surface area contributed by atoms with Crippen LogP contribution in [0, 0.1) is 0 Å². The van der Waals surface area contributed by atoms with Crippen LogP contribution in [0.25, 0.3) is 16.7 Å². The lowest BCUT2D eigenvalue weighted by Crippen LogP contribution is -2.23. The first-order chi connectivity index (χ1) is 15.8. The Morgan fingerprint density at radius 2 is 1.88 bits per heavy atom. The third-order valence-corrected chi connectivity index (χ3v) is 4.68. The van der Waals surface area contributed by atoms with Crippen molar-refractivity contribution in [2.45, 2.75) is 19.6 Å². The molecule has 0 aliphatic heterocycles. The Hall–Kier alpha value is -4.15. The second kappa shape index (κ2) is 8.77. The number of ether oxygens (including phenoxy) is 1. The van der Waals surface area contributed by atoms with Gasteiger partial charge < -0.3 is 14.6 Å². The molecule has 1 N–H and O–H groups in total. The van der Waals surface area contributed by atoms with Gasteiger partial charge in [-0.3, -0.25) is 4.79 Å². The van der Waals surface area contributed by atoms with Gasteiger partial charge in [0.25, 0.3) is 0 Å². The Morgan fingerprint density at radius 1 is 1.09 bits per heavy atom. The summed E-state index contributed by atoms with van der Waals surface area (Å²) in [6.45, 7) is 1.33. The summed E-state index contributed by atoms with van der Waals surface area (Å²) in [4.78, 5) is 28.0. The fourth-order valence-corrected chi connectivity index (χ4v) is 3.30. The number of aromatic nitrogens is 4. The van der Waals surface area contributed by atoms with Gasteiger partial charge in [-0.25, -0.2) is 14.5 Å². The van der Waals surface area contributed by atoms with E-state index < -0.39 is 30.4 Å². The monoisotopic (exact) mass is 457 g/mol. The lowest BCUT2D eigenvalue weighted by molar-refractivity contribution is -0.147. The minimum Gasteiger partial charge on any atom is -0.461 e. The van der Waals surface area contributed by atoms with Crippen LogP contribution in [0.4, 0.5) is 18.9 Å². The number of hydrogen-bond donors (Lipinski definition) is 1. The number of benzene rings is 2. The summed E-state index contributed by atoms with van der Waals surface area (Å²) in [5.74, 6) is -2.36. The van der Waals surface area contributed by atoms with Crippen LogP contribution < -0.4 is 5.32 Å². The number of anilines is 1. The van der Waals surface area contributed by atoms with Crippen molar-refractivity contribution in [2.75, 3.05) is 11.9 Å². The van der Waals surface area contributed by atoms with E-state index in [2.05, 4.69) is 15.4 Å². The molecule has 0 saturated heterocycles. The summed E-state index contributed by atoms with van der Waals surface area (Å²) in [7, 11) is 0. The number of fused-ring (bicyclic) bond motifs is 1. The van der Waals surface area contributed by atoms with Crippen molar-refractivity contribution in [3.63, 3.8) is 0 Å². The van der Waals surface area contributed by atoms with E-state index >= 15 is 0 Å². The van der Waals surface area contributed by atoms with Crippen molar-refractivity contribution in [1.82, 2.24) is 19.3 Å². The Bertz CT molecular complexity index is 1330. The summed E-state index contributed by atoms with van der Waals surface area (Å²) in [6, 6.07) is 14.1. The molecule has 2 aromatic carbocycles. The molecular weight excluding hydrogens is 439 g/mol. The van der Waals surface area contributed by atoms with Gasteiger partial charge in [-0.05, 0) is 43.3 Å². The Balaban J connectivity index is 1.55. The molecular formula is C22H18F3N5O3. The molecule has 0 atom stereocenters. The molecule has 0 spiro atoms. The van der Waals surface area contributed by atoms with Gasteiger partial charge in [0.2, 0.25) is 11.7 Å². The Labute approximate surface area is 185 Å². The van der Waals surface area contributed by atoms with Gasteiger partial charge in [-0.15, -0.1) is 0 Å². The first-order valence-electron chi connectivity index (χ1n) is 9.92. The summed E-state index contributed by atoms with van der Waals surface area (Å²) < 4.78 is 47.5. The molecule has 0 bridgehead atoms. The van der Waals surface area contributed by atoms with Crippen molar-refractivity contribution < 1.29 is 27.5 Å².